The average molecular weight is 483 g/mol. The standard InChI is InChI=1S/C22H16Cl2N6OS/c23-17-5-3-16(4-6-17)21-28-29-22(30(21)19-9-7-18(24)8-10-19)32-14-20(31)27-26-13-15-2-1-11-25-12-15/h1-13H,14H2,(H,27,31)/b26-13-. The van der Waals surface area contributed by atoms with Crippen molar-refractivity contribution in [3.05, 3.63) is 88.7 Å². The zero-order valence-corrected chi connectivity index (χ0v) is 18.8. The first kappa shape index (κ1) is 22.0. The number of benzene rings is 2. The van der Waals surface area contributed by atoms with Crippen LogP contribution in [0.2, 0.25) is 10.0 Å². The summed E-state index contributed by atoms with van der Waals surface area (Å²) in [6, 6.07) is 18.3. The number of carbonyl (C=O) groups is 1. The van der Waals surface area contributed by atoms with Crippen LogP contribution in [-0.4, -0.2) is 37.6 Å². The third kappa shape index (κ3) is 5.53. The van der Waals surface area contributed by atoms with Crippen molar-refractivity contribution in [2.45, 2.75) is 5.16 Å². The zero-order chi connectivity index (χ0) is 22.3. The molecule has 0 radical (unpaired) electrons. The molecule has 0 atom stereocenters. The maximum Gasteiger partial charge on any atom is 0.250 e. The normalized spacial score (nSPS) is 11.1. The molecule has 0 fully saturated rings. The van der Waals surface area contributed by atoms with Crippen LogP contribution in [0.4, 0.5) is 0 Å². The fraction of sp³-hybridized carbons (Fsp3) is 0.0455. The van der Waals surface area contributed by atoms with Gasteiger partial charge in [0.05, 0.1) is 12.0 Å². The van der Waals surface area contributed by atoms with E-state index < -0.39 is 0 Å². The number of thioether (sulfide) groups is 1. The Morgan fingerprint density at radius 2 is 1.75 bits per heavy atom. The molecule has 32 heavy (non-hydrogen) atoms. The van der Waals surface area contributed by atoms with E-state index in [1.165, 1.54) is 18.0 Å². The Balaban J connectivity index is 1.53. The van der Waals surface area contributed by atoms with Gasteiger partial charge in [-0.15, -0.1) is 10.2 Å². The van der Waals surface area contributed by atoms with Gasteiger partial charge in [-0.05, 0) is 54.6 Å². The van der Waals surface area contributed by atoms with E-state index in [4.69, 9.17) is 23.2 Å². The highest BCUT2D eigenvalue weighted by Gasteiger charge is 2.17. The molecule has 0 saturated heterocycles. The van der Waals surface area contributed by atoms with Crippen LogP contribution < -0.4 is 5.43 Å². The Hall–Kier alpha value is -3.20. The van der Waals surface area contributed by atoms with Gasteiger partial charge in [0.15, 0.2) is 11.0 Å². The molecular formula is C22H16Cl2N6OS. The van der Waals surface area contributed by atoms with Crippen molar-refractivity contribution >= 4 is 47.1 Å². The first-order valence-electron chi connectivity index (χ1n) is 9.42. The van der Waals surface area contributed by atoms with Gasteiger partial charge < -0.3 is 0 Å². The molecule has 1 amide bonds. The number of pyridine rings is 1. The Kier molecular flexibility index (Phi) is 7.16. The minimum absolute atomic E-state index is 0.108. The van der Waals surface area contributed by atoms with Gasteiger partial charge in [-0.25, -0.2) is 5.43 Å². The summed E-state index contributed by atoms with van der Waals surface area (Å²) in [6.07, 6.45) is 4.85. The Bertz CT molecular complexity index is 1230. The highest BCUT2D eigenvalue weighted by Crippen LogP contribution is 2.29. The molecule has 0 aliphatic heterocycles. The van der Waals surface area contributed by atoms with E-state index in [-0.39, 0.29) is 11.7 Å². The van der Waals surface area contributed by atoms with Gasteiger partial charge in [0.2, 0.25) is 0 Å². The summed E-state index contributed by atoms with van der Waals surface area (Å²) in [7, 11) is 0. The molecular weight excluding hydrogens is 467 g/mol. The van der Waals surface area contributed by atoms with E-state index in [9.17, 15) is 4.79 Å². The third-order valence-corrected chi connectivity index (χ3v) is 5.67. The first-order valence-corrected chi connectivity index (χ1v) is 11.2. The van der Waals surface area contributed by atoms with Gasteiger partial charge in [0, 0.05) is 39.3 Å². The number of nitrogens with zero attached hydrogens (tertiary/aromatic N) is 5. The number of aromatic nitrogens is 4. The minimum atomic E-state index is -0.270. The van der Waals surface area contributed by atoms with Gasteiger partial charge in [0.25, 0.3) is 5.91 Å². The first-order chi connectivity index (χ1) is 15.6. The molecule has 4 rings (SSSR count). The van der Waals surface area contributed by atoms with Crippen molar-refractivity contribution in [1.29, 1.82) is 0 Å². The third-order valence-electron chi connectivity index (χ3n) is 4.24. The number of halogens is 2. The Morgan fingerprint density at radius 1 is 1.03 bits per heavy atom. The second-order valence-corrected chi connectivity index (χ2v) is 8.31. The van der Waals surface area contributed by atoms with Gasteiger partial charge >= 0.3 is 0 Å². The maximum absolute atomic E-state index is 12.3. The summed E-state index contributed by atoms with van der Waals surface area (Å²) >= 11 is 13.3. The fourth-order valence-corrected chi connectivity index (χ4v) is 3.76. The van der Waals surface area contributed by atoms with E-state index >= 15 is 0 Å². The predicted octanol–water partition coefficient (Wildman–Crippen LogP) is 4.88. The quantitative estimate of drug-likeness (QED) is 0.230. The summed E-state index contributed by atoms with van der Waals surface area (Å²) < 4.78 is 1.87. The lowest BCUT2D eigenvalue weighted by Crippen LogP contribution is -2.20. The number of hydrazone groups is 1. The lowest BCUT2D eigenvalue weighted by molar-refractivity contribution is -0.118. The predicted molar refractivity (Wildman–Crippen MR) is 128 cm³/mol. The van der Waals surface area contributed by atoms with Crippen LogP contribution in [0.5, 0.6) is 0 Å². The summed E-state index contributed by atoms with van der Waals surface area (Å²) in [5.74, 6) is 0.465. The molecule has 7 nitrogen and oxygen atoms in total. The molecule has 4 aromatic rings. The molecule has 0 bridgehead atoms. The number of rotatable bonds is 7. The van der Waals surface area contributed by atoms with E-state index in [1.807, 2.05) is 34.9 Å². The number of carbonyl (C=O) groups excluding carboxylic acids is 1. The van der Waals surface area contributed by atoms with Crippen LogP contribution in [0.25, 0.3) is 17.1 Å². The van der Waals surface area contributed by atoms with Gasteiger partial charge in [0.1, 0.15) is 0 Å². The van der Waals surface area contributed by atoms with Crippen molar-refractivity contribution in [3.63, 3.8) is 0 Å². The highest BCUT2D eigenvalue weighted by atomic mass is 35.5. The molecule has 1 N–H and O–H groups in total. The van der Waals surface area contributed by atoms with Crippen LogP contribution in [0.3, 0.4) is 0 Å². The SMILES string of the molecule is O=C(CSc1nnc(-c2ccc(Cl)cc2)n1-c1ccc(Cl)cc1)N/N=C\c1cccnc1. The largest absolute Gasteiger partial charge is 0.272 e. The molecule has 0 aliphatic rings. The minimum Gasteiger partial charge on any atom is -0.272 e. The van der Waals surface area contributed by atoms with E-state index in [1.54, 1.807) is 42.7 Å². The Labute approximate surface area is 198 Å². The molecule has 0 saturated carbocycles. The second-order valence-electron chi connectivity index (χ2n) is 6.49. The fourth-order valence-electron chi connectivity index (χ4n) is 2.77. The van der Waals surface area contributed by atoms with Gasteiger partial charge in [-0.1, -0.05) is 41.0 Å². The van der Waals surface area contributed by atoms with Crippen LogP contribution >= 0.6 is 35.0 Å². The highest BCUT2D eigenvalue weighted by molar-refractivity contribution is 7.99. The van der Waals surface area contributed by atoms with E-state index in [0.717, 1.165) is 16.8 Å². The summed E-state index contributed by atoms with van der Waals surface area (Å²) in [5, 5.41) is 14.4. The average Bonchev–Trinajstić information content (AvgIpc) is 3.23. The molecule has 0 spiro atoms. The van der Waals surface area contributed by atoms with Crippen molar-refractivity contribution in [2.24, 2.45) is 5.10 Å². The monoisotopic (exact) mass is 482 g/mol. The molecule has 2 aromatic carbocycles. The molecule has 2 aromatic heterocycles. The maximum atomic E-state index is 12.3. The van der Waals surface area contributed by atoms with Crippen molar-refractivity contribution in [3.8, 4) is 17.1 Å². The topological polar surface area (TPSA) is 85.1 Å². The lowest BCUT2D eigenvalue weighted by atomic mass is 10.2. The van der Waals surface area contributed by atoms with Crippen LogP contribution in [0.1, 0.15) is 5.56 Å². The second kappa shape index (κ2) is 10.4. The Morgan fingerprint density at radius 3 is 2.44 bits per heavy atom. The van der Waals surface area contributed by atoms with Gasteiger partial charge in [-0.3, -0.25) is 14.3 Å². The molecule has 160 valence electrons. The van der Waals surface area contributed by atoms with Crippen LogP contribution in [0.15, 0.2) is 83.3 Å². The van der Waals surface area contributed by atoms with Crippen molar-refractivity contribution in [2.75, 3.05) is 5.75 Å². The van der Waals surface area contributed by atoms with Crippen molar-refractivity contribution < 1.29 is 4.79 Å². The molecule has 0 aliphatic carbocycles. The summed E-state index contributed by atoms with van der Waals surface area (Å²) in [6.45, 7) is 0. The van der Waals surface area contributed by atoms with E-state index in [2.05, 4.69) is 25.7 Å². The molecule has 10 heteroatoms. The van der Waals surface area contributed by atoms with Gasteiger partial charge in [-0.2, -0.15) is 5.10 Å². The van der Waals surface area contributed by atoms with Crippen LogP contribution in [0, 0.1) is 0 Å². The van der Waals surface area contributed by atoms with E-state index in [0.29, 0.717) is 21.0 Å². The number of hydrogen-bond donors (Lipinski definition) is 1. The number of nitrogens with one attached hydrogen (secondary N) is 1. The van der Waals surface area contributed by atoms with Crippen LogP contribution in [-0.2, 0) is 4.79 Å². The summed E-state index contributed by atoms with van der Waals surface area (Å²) in [5.41, 5.74) is 4.96. The van der Waals surface area contributed by atoms with Crippen molar-refractivity contribution in [1.82, 2.24) is 25.2 Å². The lowest BCUT2D eigenvalue weighted by Gasteiger charge is -2.10. The summed E-state index contributed by atoms with van der Waals surface area (Å²) in [4.78, 5) is 16.3. The zero-order valence-electron chi connectivity index (χ0n) is 16.5. The number of amides is 1. The number of hydrogen-bond acceptors (Lipinski definition) is 6. The smallest absolute Gasteiger partial charge is 0.250 e. The molecule has 0 unspecified atom stereocenters. The molecule has 2 heterocycles.